The molecule has 1 amide bonds. The first-order chi connectivity index (χ1) is 9.22. The molecular weight excluding hydrogens is 246 g/mol. The highest BCUT2D eigenvalue weighted by Crippen LogP contribution is 2.26. The number of carbonyl (C=O) groups excluding carboxylic acids is 1. The predicted molar refractivity (Wildman–Crippen MR) is 65.9 cm³/mol. The summed E-state index contributed by atoms with van der Waals surface area (Å²) in [5.41, 5.74) is 7.48. The Balaban J connectivity index is 1.67. The molecule has 3 rings (SSSR count). The van der Waals surface area contributed by atoms with Crippen molar-refractivity contribution in [2.45, 2.75) is 19.3 Å². The van der Waals surface area contributed by atoms with Gasteiger partial charge in [0.25, 0.3) is 0 Å². The van der Waals surface area contributed by atoms with Crippen molar-refractivity contribution in [1.29, 1.82) is 0 Å². The Morgan fingerprint density at radius 3 is 3.05 bits per heavy atom. The van der Waals surface area contributed by atoms with E-state index in [1.165, 1.54) is 11.1 Å². The number of carbonyl (C=O) groups is 1. The maximum Gasteiger partial charge on any atom is 0.315 e. The average Bonchev–Trinajstić information content (AvgIpc) is 3.04. The molecule has 2 heterocycles. The van der Waals surface area contributed by atoms with Crippen LogP contribution < -0.4 is 10.5 Å². The Hall–Kier alpha value is -2.37. The number of primary amides is 1. The van der Waals surface area contributed by atoms with E-state index in [1.807, 2.05) is 12.1 Å². The van der Waals surface area contributed by atoms with Gasteiger partial charge in [-0.25, -0.2) is 0 Å². The van der Waals surface area contributed by atoms with E-state index in [0.29, 0.717) is 12.2 Å². The molecule has 1 aliphatic heterocycles. The van der Waals surface area contributed by atoms with Crippen molar-refractivity contribution >= 4 is 5.91 Å². The molecule has 0 radical (unpaired) electrons. The molecule has 0 bridgehead atoms. The van der Waals surface area contributed by atoms with Crippen LogP contribution in [0.15, 0.2) is 22.7 Å². The molecule has 0 spiro atoms. The highest BCUT2D eigenvalue weighted by molar-refractivity contribution is 5.87. The number of benzene rings is 1. The second-order valence-electron chi connectivity index (χ2n) is 4.42. The van der Waals surface area contributed by atoms with Crippen molar-refractivity contribution in [3.63, 3.8) is 0 Å². The van der Waals surface area contributed by atoms with Crippen molar-refractivity contribution in [2.24, 2.45) is 5.73 Å². The van der Waals surface area contributed by atoms with E-state index in [2.05, 4.69) is 16.2 Å². The Bertz CT molecular complexity index is 621. The SMILES string of the molecule is NC(=O)c1nc(CCc2ccc3c(c2)CCO3)no1. The van der Waals surface area contributed by atoms with E-state index in [1.54, 1.807) is 0 Å². The Morgan fingerprint density at radius 1 is 1.37 bits per heavy atom. The molecular formula is C13H13N3O3. The number of amides is 1. The Morgan fingerprint density at radius 2 is 2.26 bits per heavy atom. The van der Waals surface area contributed by atoms with E-state index in [9.17, 15) is 4.79 Å². The van der Waals surface area contributed by atoms with E-state index in [4.69, 9.17) is 15.0 Å². The average molecular weight is 259 g/mol. The zero-order valence-corrected chi connectivity index (χ0v) is 10.3. The molecule has 19 heavy (non-hydrogen) atoms. The molecule has 0 fully saturated rings. The minimum Gasteiger partial charge on any atom is -0.493 e. The van der Waals surface area contributed by atoms with Gasteiger partial charge in [-0.15, -0.1) is 0 Å². The van der Waals surface area contributed by atoms with Crippen LogP contribution in [0.2, 0.25) is 0 Å². The third-order valence-corrected chi connectivity index (χ3v) is 3.07. The third kappa shape index (κ3) is 2.42. The summed E-state index contributed by atoms with van der Waals surface area (Å²) in [6.07, 6.45) is 2.35. The molecule has 0 aliphatic carbocycles. The molecule has 0 saturated heterocycles. The Labute approximate surface area is 109 Å². The Kier molecular flexibility index (Phi) is 2.91. The summed E-state index contributed by atoms with van der Waals surface area (Å²) in [5, 5.41) is 3.71. The van der Waals surface area contributed by atoms with Crippen molar-refractivity contribution in [3.8, 4) is 5.75 Å². The van der Waals surface area contributed by atoms with Crippen LogP contribution in [-0.2, 0) is 19.3 Å². The molecule has 1 aliphatic rings. The van der Waals surface area contributed by atoms with Crippen LogP contribution in [0.1, 0.15) is 27.6 Å². The topological polar surface area (TPSA) is 91.2 Å². The molecule has 0 atom stereocenters. The maximum absolute atomic E-state index is 10.8. The largest absolute Gasteiger partial charge is 0.493 e. The summed E-state index contributed by atoms with van der Waals surface area (Å²) in [5.74, 6) is 0.621. The minimum absolute atomic E-state index is 0.141. The van der Waals surface area contributed by atoms with E-state index < -0.39 is 5.91 Å². The van der Waals surface area contributed by atoms with Crippen molar-refractivity contribution in [2.75, 3.05) is 6.61 Å². The fourth-order valence-corrected chi connectivity index (χ4v) is 2.11. The summed E-state index contributed by atoms with van der Waals surface area (Å²) < 4.78 is 10.2. The van der Waals surface area contributed by atoms with Crippen LogP contribution >= 0.6 is 0 Å². The molecule has 6 heteroatoms. The number of aromatic nitrogens is 2. The number of ether oxygens (including phenoxy) is 1. The number of fused-ring (bicyclic) bond motifs is 1. The van der Waals surface area contributed by atoms with Gasteiger partial charge in [-0.2, -0.15) is 4.98 Å². The number of rotatable bonds is 4. The van der Waals surface area contributed by atoms with Gasteiger partial charge in [0.15, 0.2) is 5.82 Å². The van der Waals surface area contributed by atoms with Crippen LogP contribution in [0.5, 0.6) is 5.75 Å². The van der Waals surface area contributed by atoms with Crippen LogP contribution in [0, 0.1) is 0 Å². The van der Waals surface area contributed by atoms with Crippen LogP contribution in [0.25, 0.3) is 0 Å². The van der Waals surface area contributed by atoms with Gasteiger partial charge in [-0.3, -0.25) is 4.79 Å². The standard InChI is InChI=1S/C13H13N3O3/c14-12(17)13-15-11(16-19-13)4-2-8-1-3-10-9(7-8)5-6-18-10/h1,3,7H,2,4-6H2,(H2,14,17). The molecule has 2 aromatic rings. The highest BCUT2D eigenvalue weighted by Gasteiger charge is 2.13. The van der Waals surface area contributed by atoms with Gasteiger partial charge in [-0.1, -0.05) is 17.3 Å². The fourth-order valence-electron chi connectivity index (χ4n) is 2.11. The lowest BCUT2D eigenvalue weighted by molar-refractivity contribution is 0.0958. The lowest BCUT2D eigenvalue weighted by Crippen LogP contribution is -2.11. The lowest BCUT2D eigenvalue weighted by Gasteiger charge is -2.02. The number of hydrogen-bond donors (Lipinski definition) is 1. The van der Waals surface area contributed by atoms with Gasteiger partial charge in [0, 0.05) is 12.8 Å². The van der Waals surface area contributed by atoms with Gasteiger partial charge >= 0.3 is 11.8 Å². The van der Waals surface area contributed by atoms with Gasteiger partial charge in [0.2, 0.25) is 0 Å². The second-order valence-corrected chi connectivity index (χ2v) is 4.42. The molecule has 6 nitrogen and oxygen atoms in total. The smallest absolute Gasteiger partial charge is 0.315 e. The molecule has 1 aromatic carbocycles. The third-order valence-electron chi connectivity index (χ3n) is 3.07. The number of nitrogens with two attached hydrogens (primary N) is 1. The van der Waals surface area contributed by atoms with Crippen molar-refractivity contribution in [3.05, 3.63) is 41.0 Å². The summed E-state index contributed by atoms with van der Waals surface area (Å²) >= 11 is 0. The summed E-state index contributed by atoms with van der Waals surface area (Å²) in [7, 11) is 0. The van der Waals surface area contributed by atoms with Gasteiger partial charge in [0.05, 0.1) is 6.61 Å². The number of aryl methyl sites for hydroxylation is 2. The molecule has 0 saturated carbocycles. The van der Waals surface area contributed by atoms with Crippen molar-refractivity contribution < 1.29 is 14.1 Å². The van der Waals surface area contributed by atoms with Gasteiger partial charge in [-0.05, 0) is 23.6 Å². The summed E-state index contributed by atoms with van der Waals surface area (Å²) in [6, 6.07) is 6.15. The van der Waals surface area contributed by atoms with Gasteiger partial charge < -0.3 is 15.0 Å². The quantitative estimate of drug-likeness (QED) is 0.880. The van der Waals surface area contributed by atoms with Crippen molar-refractivity contribution in [1.82, 2.24) is 10.1 Å². The van der Waals surface area contributed by atoms with Gasteiger partial charge in [0.1, 0.15) is 5.75 Å². The summed E-state index contributed by atoms with van der Waals surface area (Å²) in [6.45, 7) is 0.756. The molecule has 1 aromatic heterocycles. The predicted octanol–water partition coefficient (Wildman–Crippen LogP) is 0.889. The highest BCUT2D eigenvalue weighted by atomic mass is 16.5. The molecule has 0 unspecified atom stereocenters. The summed E-state index contributed by atoms with van der Waals surface area (Å²) in [4.78, 5) is 14.7. The van der Waals surface area contributed by atoms with E-state index >= 15 is 0 Å². The molecule has 98 valence electrons. The van der Waals surface area contributed by atoms with E-state index in [0.717, 1.165) is 25.2 Å². The second kappa shape index (κ2) is 4.72. The minimum atomic E-state index is -0.701. The monoisotopic (exact) mass is 259 g/mol. The maximum atomic E-state index is 10.8. The number of nitrogens with zero attached hydrogens (tertiary/aromatic N) is 2. The normalized spacial score (nSPS) is 13.1. The van der Waals surface area contributed by atoms with Crippen LogP contribution in [0.4, 0.5) is 0 Å². The van der Waals surface area contributed by atoms with Crippen LogP contribution in [0.3, 0.4) is 0 Å². The van der Waals surface area contributed by atoms with E-state index in [-0.39, 0.29) is 5.89 Å². The fraction of sp³-hybridized carbons (Fsp3) is 0.308. The first-order valence-electron chi connectivity index (χ1n) is 6.09. The lowest BCUT2D eigenvalue weighted by atomic mass is 10.0. The molecule has 2 N–H and O–H groups in total. The first kappa shape index (κ1) is 11.7. The zero-order chi connectivity index (χ0) is 13.2. The first-order valence-corrected chi connectivity index (χ1v) is 6.09. The number of hydrogen-bond acceptors (Lipinski definition) is 5. The van der Waals surface area contributed by atoms with Crippen LogP contribution in [-0.4, -0.2) is 22.7 Å². The zero-order valence-electron chi connectivity index (χ0n) is 10.3.